The Morgan fingerprint density at radius 1 is 1.31 bits per heavy atom. The molecule has 1 amide bonds. The molecule has 0 aliphatic carbocycles. The number of nitrogens with one attached hydrogen (secondary N) is 1. The molecule has 0 heterocycles. The molecule has 0 spiro atoms. The maximum Gasteiger partial charge on any atom is 0.258 e. The van der Waals surface area contributed by atoms with Gasteiger partial charge in [-0.3, -0.25) is 4.79 Å². The summed E-state index contributed by atoms with van der Waals surface area (Å²) in [4.78, 5) is 12.3. The molecule has 136 valence electrons. The molecule has 0 fully saturated rings. The maximum atomic E-state index is 12.3. The first-order valence-corrected chi connectivity index (χ1v) is 9.09. The zero-order valence-corrected chi connectivity index (χ0v) is 16.6. The van der Waals surface area contributed by atoms with Gasteiger partial charge in [0.05, 0.1) is 28.8 Å². The van der Waals surface area contributed by atoms with E-state index in [1.54, 1.807) is 12.1 Å². The second kappa shape index (κ2) is 9.25. The van der Waals surface area contributed by atoms with Gasteiger partial charge in [-0.25, -0.2) is 0 Å². The van der Waals surface area contributed by atoms with Gasteiger partial charge in [-0.1, -0.05) is 24.3 Å². The fraction of sp³-hybridized carbons (Fsp3) is 0.300. The predicted molar refractivity (Wildman–Crippen MR) is 103 cm³/mol. The van der Waals surface area contributed by atoms with Gasteiger partial charge in [0.25, 0.3) is 5.91 Å². The fourth-order valence-electron chi connectivity index (χ4n) is 2.61. The van der Waals surface area contributed by atoms with E-state index in [1.807, 2.05) is 45.0 Å². The number of carbonyl (C=O) groups excluding carboxylic acids is 1. The SMILES string of the molecule is CCOc1cc(C#N)cc(Br)c1OCC(=O)NC(C)c1ccccc1C. The van der Waals surface area contributed by atoms with Crippen molar-refractivity contribution in [2.75, 3.05) is 13.2 Å². The smallest absolute Gasteiger partial charge is 0.258 e. The van der Waals surface area contributed by atoms with Crippen molar-refractivity contribution in [1.82, 2.24) is 5.32 Å². The molecule has 2 aromatic rings. The van der Waals surface area contributed by atoms with E-state index in [4.69, 9.17) is 14.7 Å². The molecule has 0 radical (unpaired) electrons. The number of benzene rings is 2. The van der Waals surface area contributed by atoms with Crippen LogP contribution < -0.4 is 14.8 Å². The van der Waals surface area contributed by atoms with Gasteiger partial charge in [0, 0.05) is 6.07 Å². The number of ether oxygens (including phenoxy) is 2. The second-order valence-electron chi connectivity index (χ2n) is 5.76. The minimum atomic E-state index is -0.237. The highest BCUT2D eigenvalue weighted by Crippen LogP contribution is 2.36. The lowest BCUT2D eigenvalue weighted by molar-refractivity contribution is -0.123. The predicted octanol–water partition coefficient (Wildman–Crippen LogP) is 4.28. The number of amides is 1. The van der Waals surface area contributed by atoms with Gasteiger partial charge in [-0.15, -0.1) is 0 Å². The third kappa shape index (κ3) is 4.99. The number of nitriles is 1. The van der Waals surface area contributed by atoms with E-state index in [0.29, 0.717) is 28.1 Å². The van der Waals surface area contributed by atoms with E-state index in [9.17, 15) is 4.79 Å². The van der Waals surface area contributed by atoms with Crippen molar-refractivity contribution in [2.24, 2.45) is 0 Å². The van der Waals surface area contributed by atoms with Crippen molar-refractivity contribution in [1.29, 1.82) is 5.26 Å². The van der Waals surface area contributed by atoms with Crippen molar-refractivity contribution in [2.45, 2.75) is 26.8 Å². The molecular formula is C20H21BrN2O3. The molecule has 1 atom stereocenters. The molecule has 2 aromatic carbocycles. The molecule has 26 heavy (non-hydrogen) atoms. The summed E-state index contributed by atoms with van der Waals surface area (Å²) in [6, 6.07) is 13.1. The number of rotatable bonds is 7. The van der Waals surface area contributed by atoms with Crippen LogP contribution in [0.25, 0.3) is 0 Å². The van der Waals surface area contributed by atoms with E-state index in [1.165, 1.54) is 0 Å². The summed E-state index contributed by atoms with van der Waals surface area (Å²) in [5.74, 6) is 0.599. The van der Waals surface area contributed by atoms with Crippen LogP contribution in [0.4, 0.5) is 0 Å². The van der Waals surface area contributed by atoms with Crippen LogP contribution >= 0.6 is 15.9 Å². The van der Waals surface area contributed by atoms with Gasteiger partial charge >= 0.3 is 0 Å². The average molecular weight is 417 g/mol. The minimum Gasteiger partial charge on any atom is -0.490 e. The van der Waals surface area contributed by atoms with Gasteiger partial charge in [0.2, 0.25) is 0 Å². The minimum absolute atomic E-state index is 0.122. The zero-order chi connectivity index (χ0) is 19.1. The third-order valence-corrected chi connectivity index (χ3v) is 4.41. The summed E-state index contributed by atoms with van der Waals surface area (Å²) in [5.41, 5.74) is 2.63. The average Bonchev–Trinajstić information content (AvgIpc) is 2.61. The van der Waals surface area contributed by atoms with E-state index in [2.05, 4.69) is 27.3 Å². The molecule has 1 N–H and O–H groups in total. The number of carbonyl (C=O) groups is 1. The topological polar surface area (TPSA) is 71.3 Å². The monoisotopic (exact) mass is 416 g/mol. The summed E-state index contributed by atoms with van der Waals surface area (Å²) in [6.45, 7) is 6.06. The van der Waals surface area contributed by atoms with Crippen molar-refractivity contribution >= 4 is 21.8 Å². The summed E-state index contributed by atoms with van der Waals surface area (Å²) in [6.07, 6.45) is 0. The van der Waals surface area contributed by atoms with Crippen LogP contribution in [0.1, 0.15) is 36.6 Å². The third-order valence-electron chi connectivity index (χ3n) is 3.82. The lowest BCUT2D eigenvalue weighted by Gasteiger charge is -2.18. The van der Waals surface area contributed by atoms with Gasteiger partial charge in [0.1, 0.15) is 0 Å². The standard InChI is InChI=1S/C20H21BrN2O3/c1-4-25-18-10-15(11-22)9-17(21)20(18)26-12-19(24)23-14(3)16-8-6-5-7-13(16)2/h5-10,14H,4,12H2,1-3H3,(H,23,24). The molecule has 5 nitrogen and oxygen atoms in total. The Kier molecular flexibility index (Phi) is 7.05. The Bertz CT molecular complexity index is 830. The quantitative estimate of drug-likeness (QED) is 0.730. The summed E-state index contributed by atoms with van der Waals surface area (Å²) in [7, 11) is 0. The maximum absolute atomic E-state index is 12.3. The Hall–Kier alpha value is -2.52. The van der Waals surface area contributed by atoms with Crippen LogP contribution in [-0.4, -0.2) is 19.1 Å². The molecule has 1 unspecified atom stereocenters. The molecule has 6 heteroatoms. The Morgan fingerprint density at radius 2 is 2.04 bits per heavy atom. The van der Waals surface area contributed by atoms with Crippen molar-refractivity contribution < 1.29 is 14.3 Å². The van der Waals surface area contributed by atoms with Gasteiger partial charge in [-0.05, 0) is 53.9 Å². The number of nitrogens with zero attached hydrogens (tertiary/aromatic N) is 1. The highest BCUT2D eigenvalue weighted by molar-refractivity contribution is 9.10. The largest absolute Gasteiger partial charge is 0.490 e. The molecule has 0 saturated heterocycles. The molecule has 0 aromatic heterocycles. The van der Waals surface area contributed by atoms with Crippen LogP contribution in [0.15, 0.2) is 40.9 Å². The van der Waals surface area contributed by atoms with E-state index >= 15 is 0 Å². The Morgan fingerprint density at radius 3 is 2.69 bits per heavy atom. The summed E-state index contributed by atoms with van der Waals surface area (Å²) >= 11 is 3.37. The highest BCUT2D eigenvalue weighted by atomic mass is 79.9. The van der Waals surface area contributed by atoms with Crippen LogP contribution in [0.3, 0.4) is 0 Å². The number of hydrogen-bond donors (Lipinski definition) is 1. The molecule has 0 aliphatic rings. The molecule has 2 rings (SSSR count). The molecule has 0 bridgehead atoms. The molecule has 0 saturated carbocycles. The highest BCUT2D eigenvalue weighted by Gasteiger charge is 2.16. The first-order chi connectivity index (χ1) is 12.5. The summed E-state index contributed by atoms with van der Waals surface area (Å²) < 4.78 is 11.7. The second-order valence-corrected chi connectivity index (χ2v) is 6.62. The number of hydrogen-bond acceptors (Lipinski definition) is 4. The van der Waals surface area contributed by atoms with Crippen molar-refractivity contribution in [3.8, 4) is 17.6 Å². The Balaban J connectivity index is 2.05. The van der Waals surface area contributed by atoms with Crippen molar-refractivity contribution in [3.05, 3.63) is 57.6 Å². The number of aryl methyl sites for hydroxylation is 1. The lowest BCUT2D eigenvalue weighted by Crippen LogP contribution is -2.31. The van der Waals surface area contributed by atoms with Crippen LogP contribution in [0.5, 0.6) is 11.5 Å². The van der Waals surface area contributed by atoms with Gasteiger partial charge in [-0.2, -0.15) is 5.26 Å². The first-order valence-electron chi connectivity index (χ1n) is 8.30. The lowest BCUT2D eigenvalue weighted by atomic mass is 10.0. The molecular weight excluding hydrogens is 396 g/mol. The molecule has 0 aliphatic heterocycles. The Labute approximate surface area is 162 Å². The fourth-order valence-corrected chi connectivity index (χ4v) is 3.16. The van der Waals surface area contributed by atoms with E-state index < -0.39 is 0 Å². The number of halogens is 1. The van der Waals surface area contributed by atoms with Crippen LogP contribution in [-0.2, 0) is 4.79 Å². The van der Waals surface area contributed by atoms with E-state index in [0.717, 1.165) is 11.1 Å². The van der Waals surface area contributed by atoms with Crippen LogP contribution in [0.2, 0.25) is 0 Å². The summed E-state index contributed by atoms with van der Waals surface area (Å²) in [5, 5.41) is 12.0. The van der Waals surface area contributed by atoms with E-state index in [-0.39, 0.29) is 18.6 Å². The van der Waals surface area contributed by atoms with Gasteiger partial charge < -0.3 is 14.8 Å². The first kappa shape index (κ1) is 19.8. The zero-order valence-electron chi connectivity index (χ0n) is 15.0. The van der Waals surface area contributed by atoms with Crippen LogP contribution in [0, 0.1) is 18.3 Å². The van der Waals surface area contributed by atoms with Crippen molar-refractivity contribution in [3.63, 3.8) is 0 Å². The normalized spacial score (nSPS) is 11.3. The van der Waals surface area contributed by atoms with Gasteiger partial charge in [0.15, 0.2) is 18.1 Å².